The Hall–Kier alpha value is -3.62. The molecule has 1 aliphatic rings. The second-order valence-electron chi connectivity index (χ2n) is 9.24. The van der Waals surface area contributed by atoms with E-state index < -0.39 is 11.8 Å². The van der Waals surface area contributed by atoms with Gasteiger partial charge < -0.3 is 25.9 Å². The fourth-order valence-corrected chi connectivity index (χ4v) is 4.28. The molecule has 0 saturated heterocycles. The second-order valence-corrected chi connectivity index (χ2v) is 9.65. The molecule has 37 heavy (non-hydrogen) atoms. The predicted octanol–water partition coefficient (Wildman–Crippen LogP) is 5.29. The Kier molecular flexibility index (Phi) is 10.3. The minimum absolute atomic E-state index is 0.416. The van der Waals surface area contributed by atoms with Crippen molar-refractivity contribution in [3.05, 3.63) is 83.0 Å². The molecule has 196 valence electrons. The molecule has 1 fully saturated rings. The highest BCUT2D eigenvalue weighted by molar-refractivity contribution is 6.35. The molecule has 1 aliphatic carbocycles. The summed E-state index contributed by atoms with van der Waals surface area (Å²) >= 11 is 5.86. The number of carbonyl (C=O) groups is 2. The molecule has 0 radical (unpaired) electrons. The van der Waals surface area contributed by atoms with Gasteiger partial charge in [-0.3, -0.25) is 9.59 Å². The number of benzene rings is 2. The van der Waals surface area contributed by atoms with Gasteiger partial charge in [0, 0.05) is 46.3 Å². The third-order valence-corrected chi connectivity index (χ3v) is 6.33. The number of primary amides is 2. The maximum Gasteiger partial charge on any atom is 0.248 e. The van der Waals surface area contributed by atoms with Crippen LogP contribution in [-0.4, -0.2) is 45.3 Å². The van der Waals surface area contributed by atoms with Gasteiger partial charge in [0.05, 0.1) is 11.6 Å². The average Bonchev–Trinajstić information content (AvgIpc) is 3.51. The number of aromatic nitrogens is 3. The summed E-state index contributed by atoms with van der Waals surface area (Å²) in [5.41, 5.74) is 13.1. The van der Waals surface area contributed by atoms with Gasteiger partial charge in [-0.15, -0.1) is 0 Å². The third-order valence-electron chi connectivity index (χ3n) is 6.02. The number of H-pyrrole nitrogens is 1. The lowest BCUT2D eigenvalue weighted by Crippen LogP contribution is -2.15. The molecule has 2 heterocycles. The zero-order valence-electron chi connectivity index (χ0n) is 21.4. The van der Waals surface area contributed by atoms with E-state index in [4.69, 9.17) is 23.1 Å². The highest BCUT2D eigenvalue weighted by atomic mass is 35.5. The number of nitrogens with two attached hydrogens (primary N) is 2. The highest BCUT2D eigenvalue weighted by Gasteiger charge is 2.07. The number of amides is 2. The smallest absolute Gasteiger partial charge is 0.248 e. The Bertz CT molecular complexity index is 1290. The molecule has 8 nitrogen and oxygen atoms in total. The van der Waals surface area contributed by atoms with Crippen LogP contribution in [0.5, 0.6) is 0 Å². The molecule has 2 aromatic heterocycles. The van der Waals surface area contributed by atoms with E-state index in [2.05, 4.69) is 14.9 Å². The number of hydrogen-bond acceptors (Lipinski definition) is 4. The van der Waals surface area contributed by atoms with E-state index in [9.17, 15) is 9.59 Å². The lowest BCUT2D eigenvalue weighted by atomic mass is 10.0. The van der Waals surface area contributed by atoms with Gasteiger partial charge in [-0.1, -0.05) is 56.2 Å². The molecule has 9 heteroatoms. The molecule has 2 aromatic carbocycles. The number of fused-ring (bicyclic) bond motifs is 1. The fraction of sp³-hybridized carbons (Fsp3) is 0.321. The zero-order valence-corrected chi connectivity index (χ0v) is 22.2. The van der Waals surface area contributed by atoms with Crippen LogP contribution >= 0.6 is 11.6 Å². The van der Waals surface area contributed by atoms with Crippen molar-refractivity contribution in [2.24, 2.45) is 11.5 Å². The Labute approximate surface area is 222 Å². The van der Waals surface area contributed by atoms with E-state index in [-0.39, 0.29) is 0 Å². The summed E-state index contributed by atoms with van der Waals surface area (Å²) in [4.78, 5) is 31.1. The number of carbonyl (C=O) groups excluding carboxylic acids is 2. The number of hydrogen-bond donors (Lipinski definition) is 3. The monoisotopic (exact) mass is 522 g/mol. The van der Waals surface area contributed by atoms with Gasteiger partial charge in [-0.25, -0.2) is 4.98 Å². The van der Waals surface area contributed by atoms with Gasteiger partial charge >= 0.3 is 0 Å². The van der Waals surface area contributed by atoms with Crippen molar-refractivity contribution in [3.8, 4) is 5.69 Å². The van der Waals surface area contributed by atoms with E-state index in [1.54, 1.807) is 42.7 Å². The van der Waals surface area contributed by atoms with Crippen molar-refractivity contribution in [1.29, 1.82) is 0 Å². The summed E-state index contributed by atoms with van der Waals surface area (Å²) < 4.78 is 1.99. The van der Waals surface area contributed by atoms with Gasteiger partial charge in [-0.05, 0) is 50.5 Å². The summed E-state index contributed by atoms with van der Waals surface area (Å²) in [5, 5.41) is 1.54. The van der Waals surface area contributed by atoms with Crippen molar-refractivity contribution in [3.63, 3.8) is 0 Å². The van der Waals surface area contributed by atoms with Crippen LogP contribution in [0, 0.1) is 0 Å². The van der Waals surface area contributed by atoms with Crippen molar-refractivity contribution in [2.75, 3.05) is 14.1 Å². The van der Waals surface area contributed by atoms with Gasteiger partial charge in [0.15, 0.2) is 0 Å². The van der Waals surface area contributed by atoms with Gasteiger partial charge in [0.1, 0.15) is 5.82 Å². The summed E-state index contributed by atoms with van der Waals surface area (Å²) in [7, 11) is 3.99. The molecule has 4 aromatic rings. The van der Waals surface area contributed by atoms with Gasteiger partial charge in [0.25, 0.3) is 0 Å². The molecule has 2 amide bonds. The topological polar surface area (TPSA) is 123 Å². The van der Waals surface area contributed by atoms with Crippen LogP contribution in [0.1, 0.15) is 65.1 Å². The van der Waals surface area contributed by atoms with Crippen LogP contribution in [-0.2, 0) is 6.54 Å². The van der Waals surface area contributed by atoms with Crippen molar-refractivity contribution >= 4 is 34.3 Å². The number of imidazole rings is 1. The number of aromatic amines is 1. The van der Waals surface area contributed by atoms with E-state index in [1.165, 1.54) is 38.5 Å². The van der Waals surface area contributed by atoms with E-state index in [0.29, 0.717) is 16.1 Å². The van der Waals surface area contributed by atoms with Crippen molar-refractivity contribution in [1.82, 2.24) is 19.4 Å². The van der Waals surface area contributed by atoms with Crippen LogP contribution in [0.25, 0.3) is 16.6 Å². The predicted molar refractivity (Wildman–Crippen MR) is 149 cm³/mol. The standard InChI is InChI=1S/C13H16N4O.C9H7ClN2O.C6H12/c1-16(2)9-12-15-7-8-17(12)11-5-3-10(4-6-11)13(14)18;10-7-4-12-8-3-5(9(11)13)1-2-6(7)8;1-2-4-6-5-3-1/h3-8H,9H2,1-2H3,(H2,14,18);1-4,12H,(H2,11,13);1-6H2. The normalized spacial score (nSPS) is 12.9. The highest BCUT2D eigenvalue weighted by Crippen LogP contribution is 2.23. The van der Waals surface area contributed by atoms with Crippen molar-refractivity contribution < 1.29 is 9.59 Å². The van der Waals surface area contributed by atoms with Crippen molar-refractivity contribution in [2.45, 2.75) is 45.1 Å². The minimum atomic E-state index is -0.437. The van der Waals surface area contributed by atoms with E-state index >= 15 is 0 Å². The summed E-state index contributed by atoms with van der Waals surface area (Å²) in [6, 6.07) is 12.3. The number of rotatable bonds is 5. The minimum Gasteiger partial charge on any atom is -0.366 e. The Morgan fingerprint density at radius 2 is 1.51 bits per heavy atom. The Morgan fingerprint density at radius 1 is 0.946 bits per heavy atom. The first-order valence-electron chi connectivity index (χ1n) is 12.4. The molecule has 1 saturated carbocycles. The SMILES string of the molecule is C1CCCCC1.CN(C)Cc1nccn1-c1ccc(C(N)=O)cc1.NC(=O)c1ccc2c(Cl)c[nH]c2c1. The van der Waals surface area contributed by atoms with E-state index in [1.807, 2.05) is 37.0 Å². The molecular formula is C28H35ClN6O2. The summed E-state index contributed by atoms with van der Waals surface area (Å²) in [6.07, 6.45) is 14.3. The maximum absolute atomic E-state index is 11.0. The molecule has 5 N–H and O–H groups in total. The number of halogens is 1. The number of nitrogens with one attached hydrogen (secondary N) is 1. The third kappa shape index (κ3) is 8.20. The van der Waals surface area contributed by atoms with Gasteiger partial charge in [0.2, 0.25) is 11.8 Å². The lowest BCUT2D eigenvalue weighted by molar-refractivity contribution is 0.0992. The molecular weight excluding hydrogens is 488 g/mol. The molecule has 5 rings (SSSR count). The first kappa shape index (κ1) is 28.0. The van der Waals surface area contributed by atoms with Gasteiger partial charge in [-0.2, -0.15) is 0 Å². The maximum atomic E-state index is 11.0. The molecule has 0 aliphatic heterocycles. The van der Waals surface area contributed by atoms with Crippen LogP contribution in [0.4, 0.5) is 0 Å². The van der Waals surface area contributed by atoms with Crippen LogP contribution in [0.2, 0.25) is 5.02 Å². The zero-order chi connectivity index (χ0) is 26.8. The Balaban J connectivity index is 0.000000173. The van der Waals surface area contributed by atoms with Crippen LogP contribution in [0.3, 0.4) is 0 Å². The molecule has 0 unspecified atom stereocenters. The number of nitrogens with zero attached hydrogens (tertiary/aromatic N) is 3. The molecule has 0 bridgehead atoms. The Morgan fingerprint density at radius 3 is 2.05 bits per heavy atom. The summed E-state index contributed by atoms with van der Waals surface area (Å²) in [6.45, 7) is 0.755. The molecule has 0 atom stereocenters. The van der Waals surface area contributed by atoms with E-state index in [0.717, 1.165) is 29.0 Å². The first-order valence-corrected chi connectivity index (χ1v) is 12.8. The van der Waals surface area contributed by atoms with Crippen LogP contribution in [0.15, 0.2) is 61.1 Å². The van der Waals surface area contributed by atoms with Crippen LogP contribution < -0.4 is 11.5 Å². The molecule has 0 spiro atoms. The summed E-state index contributed by atoms with van der Waals surface area (Å²) in [5.74, 6) is 0.0974. The quantitative estimate of drug-likeness (QED) is 0.329. The second kappa shape index (κ2) is 13.6. The fourth-order valence-electron chi connectivity index (χ4n) is 4.06. The lowest BCUT2D eigenvalue weighted by Gasteiger charge is -2.12. The average molecular weight is 523 g/mol. The largest absolute Gasteiger partial charge is 0.366 e. The first-order chi connectivity index (χ1) is 17.8.